The third kappa shape index (κ3) is 4.89. The van der Waals surface area contributed by atoms with E-state index < -0.39 is 11.7 Å². The van der Waals surface area contributed by atoms with Crippen molar-refractivity contribution in [3.63, 3.8) is 0 Å². The molecule has 1 N–H and O–H groups in total. The summed E-state index contributed by atoms with van der Waals surface area (Å²) in [6.45, 7) is 5.63. The molecule has 2 aromatic rings. The van der Waals surface area contributed by atoms with Crippen LogP contribution in [0.4, 0.5) is 0 Å². The quantitative estimate of drug-likeness (QED) is 0.672. The van der Waals surface area contributed by atoms with E-state index in [-0.39, 0.29) is 18.4 Å². The number of carbonyl (C=O) groups is 2. The van der Waals surface area contributed by atoms with Crippen LogP contribution in [0.1, 0.15) is 18.4 Å². The van der Waals surface area contributed by atoms with Crippen molar-refractivity contribution >= 4 is 23.2 Å². The standard InChI is InChI=1S/C24H28N2O4S/c1-2-11-25-23(28)24(16-18-7-9-19(10-8-18)21-6-4-15-31-21)17-26(12-14-30-24)22(27)20-5-3-13-29-20/h2,4,6-10,15,20H,1,3,5,11-14,16-17H2,(H,25,28)/t20-,24+/m1/s1. The minimum Gasteiger partial charge on any atom is -0.368 e. The summed E-state index contributed by atoms with van der Waals surface area (Å²) in [7, 11) is 0. The summed E-state index contributed by atoms with van der Waals surface area (Å²) in [6.07, 6.45) is 3.24. The Morgan fingerprint density at radius 2 is 2.10 bits per heavy atom. The zero-order valence-electron chi connectivity index (χ0n) is 17.5. The van der Waals surface area contributed by atoms with E-state index in [1.54, 1.807) is 22.3 Å². The maximum Gasteiger partial charge on any atom is 0.254 e. The van der Waals surface area contributed by atoms with E-state index in [1.807, 2.05) is 18.2 Å². The molecule has 7 heteroatoms. The zero-order valence-corrected chi connectivity index (χ0v) is 18.4. The summed E-state index contributed by atoms with van der Waals surface area (Å²) < 4.78 is 11.7. The van der Waals surface area contributed by atoms with Crippen LogP contribution >= 0.6 is 11.3 Å². The lowest BCUT2D eigenvalue weighted by atomic mass is 9.90. The molecule has 2 amide bonds. The molecular weight excluding hydrogens is 412 g/mol. The monoisotopic (exact) mass is 440 g/mol. The van der Waals surface area contributed by atoms with Gasteiger partial charge < -0.3 is 19.7 Å². The molecule has 2 aliphatic heterocycles. The molecule has 0 unspecified atom stereocenters. The first-order valence-electron chi connectivity index (χ1n) is 10.7. The van der Waals surface area contributed by atoms with Gasteiger partial charge in [0.05, 0.1) is 13.2 Å². The third-order valence-electron chi connectivity index (χ3n) is 5.77. The number of ether oxygens (including phenoxy) is 2. The molecule has 0 radical (unpaired) electrons. The predicted octanol–water partition coefficient (Wildman–Crippen LogP) is 3.04. The zero-order chi connectivity index (χ0) is 21.7. The molecule has 3 heterocycles. The van der Waals surface area contributed by atoms with Gasteiger partial charge in [-0.2, -0.15) is 0 Å². The molecule has 2 fully saturated rings. The number of hydrogen-bond donors (Lipinski definition) is 1. The summed E-state index contributed by atoms with van der Waals surface area (Å²) in [6, 6.07) is 12.3. The molecule has 2 saturated heterocycles. The summed E-state index contributed by atoms with van der Waals surface area (Å²) in [5.41, 5.74) is 0.990. The van der Waals surface area contributed by atoms with E-state index in [0.717, 1.165) is 24.0 Å². The number of morpholine rings is 1. The number of amides is 2. The van der Waals surface area contributed by atoms with Crippen LogP contribution in [0.15, 0.2) is 54.4 Å². The van der Waals surface area contributed by atoms with Crippen molar-refractivity contribution in [2.75, 3.05) is 32.8 Å². The van der Waals surface area contributed by atoms with Gasteiger partial charge in [0.25, 0.3) is 11.8 Å². The maximum absolute atomic E-state index is 13.2. The average Bonchev–Trinajstić information content (AvgIpc) is 3.52. The second-order valence-corrected chi connectivity index (χ2v) is 8.90. The first-order chi connectivity index (χ1) is 15.1. The Bertz CT molecular complexity index is 906. The Labute approximate surface area is 186 Å². The van der Waals surface area contributed by atoms with Gasteiger partial charge in [0, 0.05) is 31.0 Å². The van der Waals surface area contributed by atoms with E-state index in [2.05, 4.69) is 35.5 Å². The molecule has 0 aliphatic carbocycles. The molecule has 4 rings (SSSR count). The van der Waals surface area contributed by atoms with E-state index in [9.17, 15) is 9.59 Å². The van der Waals surface area contributed by atoms with Gasteiger partial charge in [0.2, 0.25) is 0 Å². The van der Waals surface area contributed by atoms with Crippen LogP contribution in [0.5, 0.6) is 0 Å². The summed E-state index contributed by atoms with van der Waals surface area (Å²) in [4.78, 5) is 29.1. The second-order valence-electron chi connectivity index (χ2n) is 7.95. The summed E-state index contributed by atoms with van der Waals surface area (Å²) in [5, 5.41) is 4.93. The predicted molar refractivity (Wildman–Crippen MR) is 121 cm³/mol. The van der Waals surface area contributed by atoms with Crippen molar-refractivity contribution < 1.29 is 19.1 Å². The van der Waals surface area contributed by atoms with Crippen LogP contribution in [0.2, 0.25) is 0 Å². The van der Waals surface area contributed by atoms with Gasteiger partial charge in [0.1, 0.15) is 6.10 Å². The fourth-order valence-electron chi connectivity index (χ4n) is 4.16. The lowest BCUT2D eigenvalue weighted by molar-refractivity contribution is -0.169. The number of carbonyl (C=O) groups excluding carboxylic acids is 2. The number of hydrogen-bond acceptors (Lipinski definition) is 5. The normalized spacial score (nSPS) is 23.5. The summed E-state index contributed by atoms with van der Waals surface area (Å²) >= 11 is 1.69. The van der Waals surface area contributed by atoms with Crippen molar-refractivity contribution in [3.8, 4) is 10.4 Å². The topological polar surface area (TPSA) is 67.9 Å². The van der Waals surface area contributed by atoms with E-state index >= 15 is 0 Å². The lowest BCUT2D eigenvalue weighted by Gasteiger charge is -2.42. The Balaban J connectivity index is 1.55. The maximum atomic E-state index is 13.2. The second kappa shape index (κ2) is 9.77. The molecule has 1 aromatic carbocycles. The number of thiophene rings is 1. The van der Waals surface area contributed by atoms with Crippen LogP contribution in [0.25, 0.3) is 10.4 Å². The molecule has 1 aromatic heterocycles. The molecule has 0 bridgehead atoms. The van der Waals surface area contributed by atoms with Crippen molar-refractivity contribution in [2.24, 2.45) is 0 Å². The molecule has 0 spiro atoms. The Hall–Kier alpha value is -2.48. The van der Waals surface area contributed by atoms with Crippen molar-refractivity contribution in [1.82, 2.24) is 10.2 Å². The van der Waals surface area contributed by atoms with Crippen LogP contribution in [-0.2, 0) is 25.5 Å². The lowest BCUT2D eigenvalue weighted by Crippen LogP contribution is -2.63. The van der Waals surface area contributed by atoms with E-state index in [4.69, 9.17) is 9.47 Å². The fourth-order valence-corrected chi connectivity index (χ4v) is 4.89. The molecular formula is C24H28N2O4S. The number of nitrogens with one attached hydrogen (secondary N) is 1. The van der Waals surface area contributed by atoms with Gasteiger partial charge in [-0.25, -0.2) is 0 Å². The molecule has 31 heavy (non-hydrogen) atoms. The van der Waals surface area contributed by atoms with Crippen molar-refractivity contribution in [3.05, 3.63) is 60.0 Å². The van der Waals surface area contributed by atoms with Gasteiger partial charge in [-0.3, -0.25) is 9.59 Å². The minimum absolute atomic E-state index is 0.0465. The first-order valence-corrected chi connectivity index (χ1v) is 11.6. The smallest absolute Gasteiger partial charge is 0.254 e. The highest BCUT2D eigenvalue weighted by molar-refractivity contribution is 7.13. The van der Waals surface area contributed by atoms with E-state index in [1.165, 1.54) is 4.88 Å². The number of nitrogens with zero attached hydrogens (tertiary/aromatic N) is 1. The van der Waals surface area contributed by atoms with E-state index in [0.29, 0.717) is 32.7 Å². The van der Waals surface area contributed by atoms with Crippen molar-refractivity contribution in [1.29, 1.82) is 0 Å². The summed E-state index contributed by atoms with van der Waals surface area (Å²) in [5.74, 6) is -0.269. The molecule has 6 nitrogen and oxygen atoms in total. The average molecular weight is 441 g/mol. The number of benzene rings is 1. The fraction of sp³-hybridized carbons (Fsp3) is 0.417. The Morgan fingerprint density at radius 3 is 2.77 bits per heavy atom. The number of rotatable bonds is 7. The molecule has 2 aliphatic rings. The van der Waals surface area contributed by atoms with Gasteiger partial charge in [0.15, 0.2) is 5.60 Å². The largest absolute Gasteiger partial charge is 0.368 e. The van der Waals surface area contributed by atoms with Crippen LogP contribution < -0.4 is 5.32 Å². The highest BCUT2D eigenvalue weighted by Gasteiger charge is 2.46. The minimum atomic E-state index is -1.14. The van der Waals surface area contributed by atoms with Gasteiger partial charge in [-0.15, -0.1) is 17.9 Å². The van der Waals surface area contributed by atoms with Gasteiger partial charge in [-0.1, -0.05) is 36.4 Å². The van der Waals surface area contributed by atoms with Crippen LogP contribution in [0, 0.1) is 0 Å². The molecule has 0 saturated carbocycles. The van der Waals surface area contributed by atoms with Gasteiger partial charge in [-0.05, 0) is 35.4 Å². The highest BCUT2D eigenvalue weighted by atomic mass is 32.1. The van der Waals surface area contributed by atoms with Gasteiger partial charge >= 0.3 is 0 Å². The highest BCUT2D eigenvalue weighted by Crippen LogP contribution is 2.29. The SMILES string of the molecule is C=CCNC(=O)[C@]1(Cc2ccc(-c3cccs3)cc2)CN(C(=O)[C@H]2CCCO2)CCO1. The molecule has 2 atom stereocenters. The van der Waals surface area contributed by atoms with Crippen LogP contribution in [-0.4, -0.2) is 61.3 Å². The Kier molecular flexibility index (Phi) is 6.85. The molecule has 164 valence electrons. The third-order valence-corrected chi connectivity index (χ3v) is 6.69. The first kappa shape index (κ1) is 21.7. The Morgan fingerprint density at radius 1 is 1.26 bits per heavy atom. The van der Waals surface area contributed by atoms with Crippen molar-refractivity contribution in [2.45, 2.75) is 31.0 Å². The van der Waals surface area contributed by atoms with Crippen LogP contribution in [0.3, 0.4) is 0 Å².